The number of hydrogen-bond donors (Lipinski definition) is 3. The number of H-pyrrole nitrogens is 1. The first-order chi connectivity index (χ1) is 7.81. The third-order valence-corrected chi connectivity index (χ3v) is 3.89. The Morgan fingerprint density at radius 2 is 1.88 bits per heavy atom. The molecular weight excluding hydrogens is 268 g/mol. The molecule has 0 aliphatic rings. The maximum atomic E-state index is 11.5. The number of hydrogen-bond acceptors (Lipinski definition) is 5. The van der Waals surface area contributed by atoms with Crippen molar-refractivity contribution < 1.29 is 16.8 Å². The Morgan fingerprint density at radius 1 is 1.24 bits per heavy atom. The normalized spacial score (nSPS) is 12.8. The third kappa shape index (κ3) is 5.26. The van der Waals surface area contributed by atoms with Gasteiger partial charge < -0.3 is 0 Å². The number of nitrogens with zero attached hydrogens (tertiary/aromatic N) is 1. The Bertz CT molecular complexity index is 534. The van der Waals surface area contributed by atoms with Crippen LogP contribution in [0, 0.1) is 0 Å². The van der Waals surface area contributed by atoms with E-state index in [0.29, 0.717) is 6.42 Å². The lowest BCUT2D eigenvalue weighted by Crippen LogP contribution is -2.29. The monoisotopic (exact) mass is 282 g/mol. The van der Waals surface area contributed by atoms with E-state index in [1.165, 1.54) is 12.3 Å². The lowest BCUT2D eigenvalue weighted by molar-refractivity contribution is 0.571. The molecule has 17 heavy (non-hydrogen) atoms. The molecule has 0 spiro atoms. The van der Waals surface area contributed by atoms with Gasteiger partial charge in [0.2, 0.25) is 10.0 Å². The van der Waals surface area contributed by atoms with Gasteiger partial charge in [-0.05, 0) is 12.5 Å². The Kier molecular flexibility index (Phi) is 4.62. The molecule has 3 N–H and O–H groups in total. The molecule has 0 amide bonds. The fraction of sp³-hybridized carbons (Fsp3) is 0.571. The van der Waals surface area contributed by atoms with Crippen LogP contribution in [0.1, 0.15) is 6.42 Å². The largest absolute Gasteiger partial charge is 0.266 e. The van der Waals surface area contributed by atoms with E-state index in [0.717, 1.165) is 6.26 Å². The lowest BCUT2D eigenvalue weighted by Gasteiger charge is -2.04. The fourth-order valence-corrected chi connectivity index (χ4v) is 2.52. The van der Waals surface area contributed by atoms with E-state index in [4.69, 9.17) is 0 Å². The van der Waals surface area contributed by atoms with Crippen molar-refractivity contribution >= 4 is 20.0 Å². The molecule has 0 fully saturated rings. The Balaban J connectivity index is 2.33. The molecule has 10 heteroatoms. The van der Waals surface area contributed by atoms with E-state index >= 15 is 0 Å². The topological polar surface area (TPSA) is 121 Å². The highest BCUT2D eigenvalue weighted by Crippen LogP contribution is 2.01. The number of sulfonamides is 2. The van der Waals surface area contributed by atoms with Gasteiger partial charge in [-0.3, -0.25) is 5.10 Å². The van der Waals surface area contributed by atoms with Gasteiger partial charge in [-0.1, -0.05) is 0 Å². The van der Waals surface area contributed by atoms with Gasteiger partial charge >= 0.3 is 0 Å². The molecule has 0 atom stereocenters. The summed E-state index contributed by atoms with van der Waals surface area (Å²) in [6.07, 6.45) is 2.74. The van der Waals surface area contributed by atoms with E-state index < -0.39 is 20.0 Å². The minimum Gasteiger partial charge on any atom is -0.266 e. The number of aromatic nitrogens is 2. The molecule has 0 saturated heterocycles. The summed E-state index contributed by atoms with van der Waals surface area (Å²) in [7, 11) is -6.80. The molecule has 0 unspecified atom stereocenters. The third-order valence-electron chi connectivity index (χ3n) is 1.77. The van der Waals surface area contributed by atoms with Crippen LogP contribution < -0.4 is 9.44 Å². The summed E-state index contributed by atoms with van der Waals surface area (Å²) in [5.74, 6) is 0. The predicted octanol–water partition coefficient (Wildman–Crippen LogP) is -1.37. The molecule has 1 rings (SSSR count). The molecule has 1 aromatic rings. The Hall–Kier alpha value is -0.970. The summed E-state index contributed by atoms with van der Waals surface area (Å²) < 4.78 is 49.1. The van der Waals surface area contributed by atoms with Crippen molar-refractivity contribution in [3.63, 3.8) is 0 Å². The van der Waals surface area contributed by atoms with Crippen LogP contribution in [-0.4, -0.2) is 46.4 Å². The van der Waals surface area contributed by atoms with E-state index in [1.807, 2.05) is 0 Å². The minimum atomic E-state index is -3.58. The highest BCUT2D eigenvalue weighted by molar-refractivity contribution is 7.89. The summed E-state index contributed by atoms with van der Waals surface area (Å²) >= 11 is 0. The van der Waals surface area contributed by atoms with Crippen LogP contribution in [0.15, 0.2) is 17.3 Å². The zero-order valence-corrected chi connectivity index (χ0v) is 10.8. The van der Waals surface area contributed by atoms with Gasteiger partial charge in [-0.15, -0.1) is 0 Å². The van der Waals surface area contributed by atoms with E-state index in [2.05, 4.69) is 19.6 Å². The van der Waals surface area contributed by atoms with Crippen molar-refractivity contribution in [1.82, 2.24) is 19.6 Å². The van der Waals surface area contributed by atoms with Crippen LogP contribution in [-0.2, 0) is 20.0 Å². The van der Waals surface area contributed by atoms with Crippen LogP contribution in [0.2, 0.25) is 0 Å². The molecule has 0 saturated carbocycles. The fourth-order valence-electron chi connectivity index (χ4n) is 1.02. The van der Waals surface area contributed by atoms with Crippen molar-refractivity contribution in [2.45, 2.75) is 11.4 Å². The molecule has 1 aromatic heterocycles. The molecule has 8 nitrogen and oxygen atoms in total. The molecule has 0 aliphatic carbocycles. The number of nitrogens with one attached hydrogen (secondary N) is 3. The smallest absolute Gasteiger partial charge is 0.257 e. The molecule has 1 heterocycles. The average molecular weight is 282 g/mol. The standard InChI is InChI=1S/C7H14N4O4S2/c1-16(12,13)9-4-2-5-10-17(14,15)7-3-6-8-11-7/h3,6,9-10H,2,4-5H2,1H3,(H,8,11). The molecule has 98 valence electrons. The molecule has 0 aromatic carbocycles. The van der Waals surface area contributed by atoms with Crippen molar-refractivity contribution in [2.24, 2.45) is 0 Å². The molecule has 0 bridgehead atoms. The van der Waals surface area contributed by atoms with Gasteiger partial charge in [0.05, 0.1) is 12.5 Å². The summed E-state index contributed by atoms with van der Waals surface area (Å²) in [5, 5.41) is 5.84. The van der Waals surface area contributed by atoms with Gasteiger partial charge in [0.25, 0.3) is 10.0 Å². The van der Waals surface area contributed by atoms with E-state index in [-0.39, 0.29) is 18.1 Å². The lowest BCUT2D eigenvalue weighted by atomic mass is 10.4. The maximum Gasteiger partial charge on any atom is 0.257 e. The summed E-state index contributed by atoms with van der Waals surface area (Å²) in [6, 6.07) is 1.33. The van der Waals surface area contributed by atoms with Crippen LogP contribution in [0.25, 0.3) is 0 Å². The highest BCUT2D eigenvalue weighted by Gasteiger charge is 2.14. The van der Waals surface area contributed by atoms with Crippen molar-refractivity contribution in [3.05, 3.63) is 12.3 Å². The van der Waals surface area contributed by atoms with Gasteiger partial charge in [-0.25, -0.2) is 26.3 Å². The van der Waals surface area contributed by atoms with Crippen molar-refractivity contribution in [2.75, 3.05) is 19.3 Å². The first-order valence-electron chi connectivity index (χ1n) is 4.75. The van der Waals surface area contributed by atoms with Gasteiger partial charge in [0.1, 0.15) is 0 Å². The minimum absolute atomic E-state index is 0.0198. The predicted molar refractivity (Wildman–Crippen MR) is 61.2 cm³/mol. The summed E-state index contributed by atoms with van der Waals surface area (Å²) in [6.45, 7) is 0.328. The van der Waals surface area contributed by atoms with Crippen molar-refractivity contribution in [1.29, 1.82) is 0 Å². The second-order valence-electron chi connectivity index (χ2n) is 3.34. The molecular formula is C7H14N4O4S2. The number of aromatic amines is 1. The average Bonchev–Trinajstić information content (AvgIpc) is 2.68. The first-order valence-corrected chi connectivity index (χ1v) is 8.12. The molecule has 0 aliphatic heterocycles. The zero-order chi connectivity index (χ0) is 12.9. The number of rotatable bonds is 7. The quantitative estimate of drug-likeness (QED) is 0.533. The highest BCUT2D eigenvalue weighted by atomic mass is 32.2. The van der Waals surface area contributed by atoms with Gasteiger partial charge in [0, 0.05) is 13.1 Å². The first kappa shape index (κ1) is 14.1. The maximum absolute atomic E-state index is 11.5. The SMILES string of the molecule is CS(=O)(=O)NCCCNS(=O)(=O)c1ccn[nH]1. The Morgan fingerprint density at radius 3 is 2.41 bits per heavy atom. The second kappa shape index (κ2) is 5.58. The van der Waals surface area contributed by atoms with Gasteiger partial charge in [0.15, 0.2) is 5.03 Å². The molecule has 0 radical (unpaired) electrons. The van der Waals surface area contributed by atoms with Crippen LogP contribution >= 0.6 is 0 Å². The summed E-state index contributed by atoms with van der Waals surface area (Å²) in [4.78, 5) is 0. The summed E-state index contributed by atoms with van der Waals surface area (Å²) in [5.41, 5.74) is 0. The van der Waals surface area contributed by atoms with Crippen LogP contribution in [0.4, 0.5) is 0 Å². The zero-order valence-electron chi connectivity index (χ0n) is 9.17. The second-order valence-corrected chi connectivity index (χ2v) is 6.91. The Labute approximate surface area is 99.9 Å². The van der Waals surface area contributed by atoms with E-state index in [1.54, 1.807) is 0 Å². The van der Waals surface area contributed by atoms with Crippen molar-refractivity contribution in [3.8, 4) is 0 Å². The van der Waals surface area contributed by atoms with E-state index in [9.17, 15) is 16.8 Å². The van der Waals surface area contributed by atoms with Crippen LogP contribution in [0.5, 0.6) is 0 Å². The van der Waals surface area contributed by atoms with Crippen LogP contribution in [0.3, 0.4) is 0 Å². The van der Waals surface area contributed by atoms with Gasteiger partial charge in [-0.2, -0.15) is 5.10 Å².